The highest BCUT2D eigenvalue weighted by Gasteiger charge is 2.28. The van der Waals surface area contributed by atoms with E-state index < -0.39 is 0 Å². The van der Waals surface area contributed by atoms with Crippen molar-refractivity contribution in [3.8, 4) is 0 Å². The molecule has 1 N–H and O–H groups in total. The van der Waals surface area contributed by atoms with Crippen molar-refractivity contribution in [1.82, 2.24) is 10.2 Å². The van der Waals surface area contributed by atoms with Gasteiger partial charge in [0.05, 0.1) is 0 Å². The first-order valence-electron chi connectivity index (χ1n) is 6.76. The van der Waals surface area contributed by atoms with E-state index in [0.717, 1.165) is 32.2 Å². The van der Waals surface area contributed by atoms with Crippen molar-refractivity contribution in [2.45, 2.75) is 52.5 Å². The van der Waals surface area contributed by atoms with Crippen LogP contribution >= 0.6 is 0 Å². The molecule has 0 bridgehead atoms. The molecule has 0 aliphatic heterocycles. The van der Waals surface area contributed by atoms with Crippen LogP contribution in [0.2, 0.25) is 0 Å². The molecule has 0 aromatic heterocycles. The van der Waals surface area contributed by atoms with Gasteiger partial charge in [0.15, 0.2) is 0 Å². The monoisotopic (exact) mass is 240 g/mol. The Kier molecular flexibility index (Phi) is 4.99. The van der Waals surface area contributed by atoms with E-state index >= 15 is 0 Å². The summed E-state index contributed by atoms with van der Waals surface area (Å²) in [7, 11) is 3.95. The molecule has 0 spiro atoms. The van der Waals surface area contributed by atoms with Gasteiger partial charge in [0.1, 0.15) is 0 Å². The lowest BCUT2D eigenvalue weighted by atomic mass is 9.85. The largest absolute Gasteiger partial charge is 0.345 e. The fraction of sp³-hybridized carbons (Fsp3) is 0.929. The molecule has 0 saturated heterocycles. The zero-order valence-corrected chi connectivity index (χ0v) is 12.0. The lowest BCUT2D eigenvalue weighted by molar-refractivity contribution is -0.136. The average Bonchev–Trinajstić information content (AvgIpc) is 2.26. The van der Waals surface area contributed by atoms with Gasteiger partial charge in [-0.3, -0.25) is 4.79 Å². The molecule has 1 aliphatic carbocycles. The quantitative estimate of drug-likeness (QED) is 0.821. The van der Waals surface area contributed by atoms with Crippen LogP contribution < -0.4 is 5.32 Å². The van der Waals surface area contributed by atoms with Crippen LogP contribution in [0, 0.1) is 11.3 Å². The van der Waals surface area contributed by atoms with Gasteiger partial charge in [0, 0.05) is 25.6 Å². The maximum absolute atomic E-state index is 12.3. The van der Waals surface area contributed by atoms with Gasteiger partial charge in [-0.05, 0) is 38.1 Å². The van der Waals surface area contributed by atoms with Crippen LogP contribution in [0.15, 0.2) is 0 Å². The molecule has 0 unspecified atom stereocenters. The topological polar surface area (TPSA) is 32.3 Å². The van der Waals surface area contributed by atoms with Gasteiger partial charge in [-0.1, -0.05) is 20.8 Å². The number of rotatable bonds is 3. The molecule has 0 aromatic carbocycles. The van der Waals surface area contributed by atoms with Gasteiger partial charge in [-0.25, -0.2) is 0 Å². The van der Waals surface area contributed by atoms with E-state index in [1.807, 2.05) is 19.0 Å². The molecule has 0 heterocycles. The Bertz CT molecular complexity index is 249. The minimum absolute atomic E-state index is 0.187. The standard InChI is InChI=1S/C14H28N2O/c1-14(2,3)10-16(5)13(17)11-6-8-12(15-4)9-7-11/h11-12,15H,6-10H2,1-5H3. The van der Waals surface area contributed by atoms with Gasteiger partial charge in [0.25, 0.3) is 0 Å². The number of hydrogen-bond acceptors (Lipinski definition) is 2. The summed E-state index contributed by atoms with van der Waals surface area (Å²) in [6.07, 6.45) is 4.35. The second kappa shape index (κ2) is 5.85. The third-order valence-electron chi connectivity index (χ3n) is 3.57. The molecule has 1 amide bonds. The number of amides is 1. The summed E-state index contributed by atoms with van der Waals surface area (Å²) in [5.41, 5.74) is 0.187. The maximum Gasteiger partial charge on any atom is 0.225 e. The minimum atomic E-state index is 0.187. The number of nitrogens with zero attached hydrogens (tertiary/aromatic N) is 1. The molecular formula is C14H28N2O. The van der Waals surface area contributed by atoms with Crippen LogP contribution in [0.3, 0.4) is 0 Å². The van der Waals surface area contributed by atoms with E-state index in [-0.39, 0.29) is 11.3 Å². The second-order valence-corrected chi connectivity index (χ2v) is 6.59. The summed E-state index contributed by atoms with van der Waals surface area (Å²) < 4.78 is 0. The van der Waals surface area contributed by atoms with Crippen molar-refractivity contribution < 1.29 is 4.79 Å². The molecule has 1 rings (SSSR count). The van der Waals surface area contributed by atoms with Crippen LogP contribution in [-0.4, -0.2) is 37.5 Å². The fourth-order valence-corrected chi connectivity index (χ4v) is 2.73. The predicted octanol–water partition coefficient (Wildman–Crippen LogP) is 2.27. The lowest BCUT2D eigenvalue weighted by Gasteiger charge is -2.33. The Labute approximate surface area is 106 Å². The molecule has 17 heavy (non-hydrogen) atoms. The van der Waals surface area contributed by atoms with Crippen molar-refractivity contribution in [1.29, 1.82) is 0 Å². The Balaban J connectivity index is 2.43. The van der Waals surface area contributed by atoms with Crippen LogP contribution in [0.1, 0.15) is 46.5 Å². The van der Waals surface area contributed by atoms with Crippen LogP contribution in [0.4, 0.5) is 0 Å². The van der Waals surface area contributed by atoms with Crippen LogP contribution in [0.25, 0.3) is 0 Å². The van der Waals surface area contributed by atoms with E-state index in [4.69, 9.17) is 0 Å². The number of carbonyl (C=O) groups is 1. The van der Waals surface area contributed by atoms with Crippen molar-refractivity contribution in [2.75, 3.05) is 20.6 Å². The highest BCUT2D eigenvalue weighted by atomic mass is 16.2. The van der Waals surface area contributed by atoms with Gasteiger partial charge in [0.2, 0.25) is 5.91 Å². The molecular weight excluding hydrogens is 212 g/mol. The second-order valence-electron chi connectivity index (χ2n) is 6.59. The maximum atomic E-state index is 12.3. The Hall–Kier alpha value is -0.570. The molecule has 1 fully saturated rings. The zero-order valence-electron chi connectivity index (χ0n) is 12.0. The van der Waals surface area contributed by atoms with Crippen molar-refractivity contribution in [2.24, 2.45) is 11.3 Å². The molecule has 3 heteroatoms. The summed E-state index contributed by atoms with van der Waals surface area (Å²) in [6.45, 7) is 7.37. The lowest BCUT2D eigenvalue weighted by Crippen LogP contribution is -2.41. The molecule has 1 saturated carbocycles. The van der Waals surface area contributed by atoms with Gasteiger partial charge >= 0.3 is 0 Å². The first-order chi connectivity index (χ1) is 7.83. The summed E-state index contributed by atoms with van der Waals surface area (Å²) in [6, 6.07) is 0.618. The number of nitrogens with one attached hydrogen (secondary N) is 1. The summed E-state index contributed by atoms with van der Waals surface area (Å²) in [5.74, 6) is 0.599. The highest BCUT2D eigenvalue weighted by Crippen LogP contribution is 2.26. The summed E-state index contributed by atoms with van der Waals surface area (Å²) in [4.78, 5) is 14.2. The predicted molar refractivity (Wildman–Crippen MR) is 71.9 cm³/mol. The van der Waals surface area contributed by atoms with E-state index in [9.17, 15) is 4.79 Å². The SMILES string of the molecule is CNC1CCC(C(=O)N(C)CC(C)(C)C)CC1. The van der Waals surface area contributed by atoms with E-state index in [2.05, 4.69) is 26.1 Å². The summed E-state index contributed by atoms with van der Waals surface area (Å²) >= 11 is 0. The molecule has 0 aromatic rings. The van der Waals surface area contributed by atoms with Crippen molar-refractivity contribution in [3.05, 3.63) is 0 Å². The van der Waals surface area contributed by atoms with Gasteiger partial charge in [-0.2, -0.15) is 0 Å². The normalized spacial score (nSPS) is 25.7. The third-order valence-corrected chi connectivity index (χ3v) is 3.57. The molecule has 3 nitrogen and oxygen atoms in total. The molecule has 0 atom stereocenters. The molecule has 1 aliphatic rings. The first kappa shape index (κ1) is 14.5. The number of hydrogen-bond donors (Lipinski definition) is 1. The third kappa shape index (κ3) is 4.66. The fourth-order valence-electron chi connectivity index (χ4n) is 2.73. The van der Waals surface area contributed by atoms with Crippen LogP contribution in [0.5, 0.6) is 0 Å². The summed E-state index contributed by atoms with van der Waals surface area (Å²) in [5, 5.41) is 3.31. The van der Waals surface area contributed by atoms with Gasteiger partial charge in [-0.15, -0.1) is 0 Å². The smallest absolute Gasteiger partial charge is 0.225 e. The Morgan fingerprint density at radius 2 is 1.76 bits per heavy atom. The average molecular weight is 240 g/mol. The molecule has 100 valence electrons. The molecule has 0 radical (unpaired) electrons. The number of carbonyl (C=O) groups excluding carboxylic acids is 1. The van der Waals surface area contributed by atoms with E-state index in [1.165, 1.54) is 0 Å². The minimum Gasteiger partial charge on any atom is -0.345 e. The van der Waals surface area contributed by atoms with E-state index in [0.29, 0.717) is 11.9 Å². The van der Waals surface area contributed by atoms with Crippen molar-refractivity contribution in [3.63, 3.8) is 0 Å². The highest BCUT2D eigenvalue weighted by molar-refractivity contribution is 5.78. The Morgan fingerprint density at radius 3 is 2.18 bits per heavy atom. The van der Waals surface area contributed by atoms with Gasteiger partial charge < -0.3 is 10.2 Å². The first-order valence-corrected chi connectivity index (χ1v) is 6.76. The zero-order chi connectivity index (χ0) is 13.1. The van der Waals surface area contributed by atoms with E-state index in [1.54, 1.807) is 0 Å². The van der Waals surface area contributed by atoms with Crippen LogP contribution in [-0.2, 0) is 4.79 Å². The van der Waals surface area contributed by atoms with Crippen molar-refractivity contribution >= 4 is 5.91 Å². The Morgan fingerprint density at radius 1 is 1.24 bits per heavy atom.